The molecule has 0 radical (unpaired) electrons. The predicted octanol–water partition coefficient (Wildman–Crippen LogP) is 3.61. The Morgan fingerprint density at radius 1 is 1.33 bits per heavy atom. The highest BCUT2D eigenvalue weighted by Gasteiger charge is 2.37. The van der Waals surface area contributed by atoms with Crippen LogP contribution in [0.4, 0.5) is 4.79 Å². The topological polar surface area (TPSA) is 50.4 Å². The summed E-state index contributed by atoms with van der Waals surface area (Å²) in [4.78, 5) is 11.9. The average Bonchev–Trinajstić information content (AvgIpc) is 2.40. The van der Waals surface area contributed by atoms with E-state index in [0.29, 0.717) is 29.7 Å². The van der Waals surface area contributed by atoms with Crippen molar-refractivity contribution in [3.8, 4) is 0 Å². The summed E-state index contributed by atoms with van der Waals surface area (Å²) >= 11 is 11.9. The summed E-state index contributed by atoms with van der Waals surface area (Å²) in [5, 5.41) is 6.85. The highest BCUT2D eigenvalue weighted by Crippen LogP contribution is 2.40. The van der Waals surface area contributed by atoms with Crippen LogP contribution in [-0.4, -0.2) is 26.3 Å². The second-order valence-electron chi connectivity index (χ2n) is 5.56. The van der Waals surface area contributed by atoms with E-state index in [9.17, 15) is 4.79 Å². The van der Waals surface area contributed by atoms with E-state index in [-0.39, 0.29) is 11.4 Å². The number of carbonyl (C=O) groups is 1. The lowest BCUT2D eigenvalue weighted by atomic mass is 9.69. The number of urea groups is 1. The summed E-state index contributed by atoms with van der Waals surface area (Å²) in [5.74, 6) is 0. The quantitative estimate of drug-likeness (QED) is 0.837. The number of hydrogen-bond acceptors (Lipinski definition) is 2. The molecule has 1 aliphatic carbocycles. The number of nitrogens with one attached hydrogen (secondary N) is 2. The highest BCUT2D eigenvalue weighted by molar-refractivity contribution is 6.35. The first-order valence-electron chi connectivity index (χ1n) is 6.99. The van der Waals surface area contributed by atoms with Crippen molar-refractivity contribution in [1.29, 1.82) is 0 Å². The maximum atomic E-state index is 11.9. The van der Waals surface area contributed by atoms with E-state index in [0.717, 1.165) is 18.4 Å². The molecule has 1 aromatic carbocycles. The highest BCUT2D eigenvalue weighted by atomic mass is 35.5. The van der Waals surface area contributed by atoms with Crippen LogP contribution in [0.25, 0.3) is 0 Å². The van der Waals surface area contributed by atoms with Gasteiger partial charge >= 0.3 is 6.03 Å². The molecular weight excluding hydrogens is 311 g/mol. The van der Waals surface area contributed by atoms with Crippen molar-refractivity contribution >= 4 is 29.2 Å². The maximum absolute atomic E-state index is 11.9. The number of hydrogen-bond donors (Lipinski definition) is 2. The van der Waals surface area contributed by atoms with E-state index in [2.05, 4.69) is 10.6 Å². The van der Waals surface area contributed by atoms with Crippen LogP contribution in [0.5, 0.6) is 0 Å². The van der Waals surface area contributed by atoms with Crippen LogP contribution >= 0.6 is 23.2 Å². The van der Waals surface area contributed by atoms with Gasteiger partial charge in [0.1, 0.15) is 0 Å². The molecule has 0 spiro atoms. The number of rotatable bonds is 6. The second kappa shape index (κ2) is 7.34. The van der Waals surface area contributed by atoms with Gasteiger partial charge in [-0.05, 0) is 30.5 Å². The molecule has 0 heterocycles. The molecule has 0 unspecified atom stereocenters. The summed E-state index contributed by atoms with van der Waals surface area (Å²) in [7, 11) is 1.70. The normalized spacial score (nSPS) is 16.1. The van der Waals surface area contributed by atoms with E-state index in [1.807, 2.05) is 6.07 Å². The number of halogens is 2. The third-order valence-corrected chi connectivity index (χ3v) is 4.53. The molecule has 21 heavy (non-hydrogen) atoms. The molecule has 0 aromatic heterocycles. The Hall–Kier alpha value is -0.970. The smallest absolute Gasteiger partial charge is 0.315 e. The van der Waals surface area contributed by atoms with Crippen LogP contribution in [0.2, 0.25) is 10.0 Å². The number of amides is 2. The molecule has 0 atom stereocenters. The summed E-state index contributed by atoms with van der Waals surface area (Å²) < 4.78 is 5.24. The van der Waals surface area contributed by atoms with Gasteiger partial charge in [-0.15, -0.1) is 0 Å². The van der Waals surface area contributed by atoms with Crippen molar-refractivity contribution in [2.24, 2.45) is 5.41 Å². The number of benzene rings is 1. The summed E-state index contributed by atoms with van der Waals surface area (Å²) in [5.41, 5.74) is 0.954. The Labute approximate surface area is 135 Å². The lowest BCUT2D eigenvalue weighted by Gasteiger charge is -2.41. The van der Waals surface area contributed by atoms with Gasteiger partial charge in [-0.25, -0.2) is 4.79 Å². The molecule has 6 heteroatoms. The summed E-state index contributed by atoms with van der Waals surface area (Å²) in [6.07, 6.45) is 3.40. The van der Waals surface area contributed by atoms with Gasteiger partial charge in [0.25, 0.3) is 0 Å². The van der Waals surface area contributed by atoms with Crippen molar-refractivity contribution in [2.45, 2.75) is 25.8 Å². The molecule has 1 saturated carbocycles. The average molecular weight is 331 g/mol. The van der Waals surface area contributed by atoms with E-state index in [4.69, 9.17) is 27.9 Å². The minimum Gasteiger partial charge on any atom is -0.384 e. The fraction of sp³-hybridized carbons (Fsp3) is 0.533. The van der Waals surface area contributed by atoms with Gasteiger partial charge < -0.3 is 15.4 Å². The zero-order valence-electron chi connectivity index (χ0n) is 12.0. The Balaban J connectivity index is 1.77. The van der Waals surface area contributed by atoms with E-state index >= 15 is 0 Å². The van der Waals surface area contributed by atoms with Gasteiger partial charge in [-0.2, -0.15) is 0 Å². The fourth-order valence-electron chi connectivity index (χ4n) is 2.53. The van der Waals surface area contributed by atoms with Crippen molar-refractivity contribution < 1.29 is 9.53 Å². The first-order chi connectivity index (χ1) is 10.0. The van der Waals surface area contributed by atoms with Crippen LogP contribution < -0.4 is 10.6 Å². The van der Waals surface area contributed by atoms with Crippen molar-refractivity contribution in [3.63, 3.8) is 0 Å². The van der Waals surface area contributed by atoms with Gasteiger partial charge in [0.2, 0.25) is 0 Å². The SMILES string of the molecule is COCC1(CNC(=O)NCc2ccc(Cl)cc2Cl)CCC1. The van der Waals surface area contributed by atoms with Crippen LogP contribution in [-0.2, 0) is 11.3 Å². The predicted molar refractivity (Wildman–Crippen MR) is 84.9 cm³/mol. The molecule has 1 aromatic rings. The maximum Gasteiger partial charge on any atom is 0.315 e. The largest absolute Gasteiger partial charge is 0.384 e. The molecule has 0 saturated heterocycles. The van der Waals surface area contributed by atoms with E-state index in [1.165, 1.54) is 6.42 Å². The lowest BCUT2D eigenvalue weighted by Crippen LogP contribution is -2.47. The Kier molecular flexibility index (Phi) is 5.73. The standard InChI is InChI=1S/C15H20Cl2N2O2/c1-21-10-15(5-2-6-15)9-19-14(20)18-8-11-3-4-12(16)7-13(11)17/h3-4,7H,2,5-6,8-10H2,1H3,(H2,18,19,20). The molecule has 2 amide bonds. The Bertz CT molecular complexity index is 504. The van der Waals surface area contributed by atoms with Crippen molar-refractivity contribution in [1.82, 2.24) is 10.6 Å². The minimum atomic E-state index is -0.191. The Morgan fingerprint density at radius 2 is 2.10 bits per heavy atom. The molecule has 1 fully saturated rings. The van der Waals surface area contributed by atoms with Crippen LogP contribution in [0.3, 0.4) is 0 Å². The van der Waals surface area contributed by atoms with E-state index in [1.54, 1.807) is 19.2 Å². The third kappa shape index (κ3) is 4.50. The van der Waals surface area contributed by atoms with Gasteiger partial charge in [0.05, 0.1) is 6.61 Å². The minimum absolute atomic E-state index is 0.115. The van der Waals surface area contributed by atoms with Crippen molar-refractivity contribution in [3.05, 3.63) is 33.8 Å². The number of ether oxygens (including phenoxy) is 1. The third-order valence-electron chi connectivity index (χ3n) is 3.94. The first-order valence-corrected chi connectivity index (χ1v) is 7.75. The van der Waals surface area contributed by atoms with Crippen LogP contribution in [0.15, 0.2) is 18.2 Å². The molecule has 1 aliphatic rings. The molecular formula is C15H20Cl2N2O2. The monoisotopic (exact) mass is 330 g/mol. The second-order valence-corrected chi connectivity index (χ2v) is 6.40. The zero-order chi connectivity index (χ0) is 15.3. The summed E-state index contributed by atoms with van der Waals surface area (Å²) in [6, 6.07) is 5.04. The van der Waals surface area contributed by atoms with Crippen molar-refractivity contribution in [2.75, 3.05) is 20.3 Å². The van der Waals surface area contributed by atoms with Gasteiger partial charge in [-0.3, -0.25) is 0 Å². The number of methoxy groups -OCH3 is 1. The van der Waals surface area contributed by atoms with Gasteiger partial charge in [0.15, 0.2) is 0 Å². The summed E-state index contributed by atoms with van der Waals surface area (Å²) in [6.45, 7) is 1.70. The first kappa shape index (κ1) is 16.4. The van der Waals surface area contributed by atoms with Crippen LogP contribution in [0, 0.1) is 5.41 Å². The van der Waals surface area contributed by atoms with Gasteiger partial charge in [-0.1, -0.05) is 35.7 Å². The van der Waals surface area contributed by atoms with E-state index < -0.39 is 0 Å². The molecule has 116 valence electrons. The Morgan fingerprint density at radius 3 is 2.67 bits per heavy atom. The zero-order valence-corrected chi connectivity index (χ0v) is 13.6. The van der Waals surface area contributed by atoms with Crippen LogP contribution in [0.1, 0.15) is 24.8 Å². The molecule has 2 N–H and O–H groups in total. The molecule has 0 aliphatic heterocycles. The lowest BCUT2D eigenvalue weighted by molar-refractivity contribution is 0.0200. The fourth-order valence-corrected chi connectivity index (χ4v) is 3.00. The molecule has 0 bridgehead atoms. The molecule has 4 nitrogen and oxygen atoms in total. The van der Waals surface area contributed by atoms with Gasteiger partial charge in [0, 0.05) is 35.7 Å². The molecule has 2 rings (SSSR count). The number of carbonyl (C=O) groups excluding carboxylic acids is 1.